The zero-order chi connectivity index (χ0) is 15.9. The minimum Gasteiger partial charge on any atom is -0.507 e. The van der Waals surface area contributed by atoms with Gasteiger partial charge >= 0.3 is 0 Å². The van der Waals surface area contributed by atoms with E-state index in [1.54, 1.807) is 18.2 Å². The number of phenols is 1. The van der Waals surface area contributed by atoms with Crippen LogP contribution in [-0.2, 0) is 0 Å². The molecule has 0 atom stereocenters. The quantitative estimate of drug-likeness (QED) is 0.695. The summed E-state index contributed by atoms with van der Waals surface area (Å²) in [6.45, 7) is 3.87. The van der Waals surface area contributed by atoms with Crippen molar-refractivity contribution in [3.05, 3.63) is 55.4 Å². The predicted octanol–water partition coefficient (Wildman–Crippen LogP) is 3.43. The molecule has 1 N–H and O–H groups in total. The second-order valence-corrected chi connectivity index (χ2v) is 6.92. The molecule has 2 heterocycles. The molecule has 0 radical (unpaired) electrons. The second kappa shape index (κ2) is 5.66. The second-order valence-electron chi connectivity index (χ2n) is 4.81. The molecule has 0 aliphatic rings. The molecule has 5 nitrogen and oxygen atoms in total. The number of benzene rings is 1. The zero-order valence-corrected chi connectivity index (χ0v) is 14.3. The number of halogens is 1. The Bertz CT molecular complexity index is 959. The highest BCUT2D eigenvalue weighted by molar-refractivity contribution is 9.10. The fourth-order valence-electron chi connectivity index (χ4n) is 2.06. The van der Waals surface area contributed by atoms with Crippen molar-refractivity contribution in [2.45, 2.75) is 13.8 Å². The summed E-state index contributed by atoms with van der Waals surface area (Å²) in [6, 6.07) is 5.00. The standard InChI is InChI=1S/C15H12BrN3O2S/c1-8-9(2)22-14-13(8)15(21)19(7-17-14)18-6-10-5-11(16)3-4-12(10)20/h3-7,20H,1-2H3/b18-6-. The first-order valence-electron chi connectivity index (χ1n) is 6.47. The summed E-state index contributed by atoms with van der Waals surface area (Å²) in [6.07, 6.45) is 2.83. The van der Waals surface area contributed by atoms with Crippen LogP contribution in [0.3, 0.4) is 0 Å². The number of hydrogen-bond donors (Lipinski definition) is 1. The van der Waals surface area contributed by atoms with Crippen molar-refractivity contribution in [3.63, 3.8) is 0 Å². The maximum Gasteiger partial charge on any atom is 0.282 e. The molecule has 0 amide bonds. The van der Waals surface area contributed by atoms with E-state index in [0.717, 1.165) is 19.7 Å². The van der Waals surface area contributed by atoms with E-state index in [9.17, 15) is 9.90 Å². The molecule has 0 fully saturated rings. The van der Waals surface area contributed by atoms with Gasteiger partial charge in [0.25, 0.3) is 5.56 Å². The lowest BCUT2D eigenvalue weighted by Gasteiger charge is -2.01. The Morgan fingerprint density at radius 2 is 2.18 bits per heavy atom. The molecule has 2 aromatic heterocycles. The molecule has 0 unspecified atom stereocenters. The molecule has 22 heavy (non-hydrogen) atoms. The van der Waals surface area contributed by atoms with E-state index in [0.29, 0.717) is 10.9 Å². The number of thiophene rings is 1. The number of hydrogen-bond acceptors (Lipinski definition) is 5. The van der Waals surface area contributed by atoms with Crippen molar-refractivity contribution >= 4 is 43.7 Å². The normalized spacial score (nSPS) is 11.6. The Morgan fingerprint density at radius 1 is 1.41 bits per heavy atom. The number of fused-ring (bicyclic) bond motifs is 1. The molecule has 112 valence electrons. The lowest BCUT2D eigenvalue weighted by atomic mass is 10.2. The third-order valence-electron chi connectivity index (χ3n) is 3.38. The summed E-state index contributed by atoms with van der Waals surface area (Å²) in [5.41, 5.74) is 1.24. The maximum atomic E-state index is 12.5. The highest BCUT2D eigenvalue weighted by atomic mass is 79.9. The maximum absolute atomic E-state index is 12.5. The van der Waals surface area contributed by atoms with Gasteiger partial charge in [-0.15, -0.1) is 11.3 Å². The van der Waals surface area contributed by atoms with Gasteiger partial charge in [0, 0.05) is 14.9 Å². The summed E-state index contributed by atoms with van der Waals surface area (Å²) < 4.78 is 2.00. The van der Waals surface area contributed by atoms with Crippen molar-refractivity contribution in [1.82, 2.24) is 9.66 Å². The van der Waals surface area contributed by atoms with Gasteiger partial charge in [-0.2, -0.15) is 9.78 Å². The van der Waals surface area contributed by atoms with E-state index in [1.807, 2.05) is 13.8 Å². The Labute approximate surface area is 138 Å². The van der Waals surface area contributed by atoms with Gasteiger partial charge in [-0.25, -0.2) is 4.98 Å². The first kappa shape index (κ1) is 14.9. The molecule has 0 saturated carbocycles. The van der Waals surface area contributed by atoms with Crippen LogP contribution in [0.1, 0.15) is 16.0 Å². The van der Waals surface area contributed by atoms with E-state index >= 15 is 0 Å². The predicted molar refractivity (Wildman–Crippen MR) is 92.2 cm³/mol. The minimum atomic E-state index is -0.211. The monoisotopic (exact) mass is 377 g/mol. The van der Waals surface area contributed by atoms with Gasteiger partial charge < -0.3 is 5.11 Å². The third-order valence-corrected chi connectivity index (χ3v) is 4.99. The summed E-state index contributed by atoms with van der Waals surface area (Å²) >= 11 is 4.83. The van der Waals surface area contributed by atoms with E-state index in [2.05, 4.69) is 26.0 Å². The van der Waals surface area contributed by atoms with Crippen LogP contribution in [-0.4, -0.2) is 21.0 Å². The smallest absolute Gasteiger partial charge is 0.282 e. The molecule has 0 spiro atoms. The van der Waals surface area contributed by atoms with Crippen LogP contribution in [0.2, 0.25) is 0 Å². The van der Waals surface area contributed by atoms with Gasteiger partial charge in [0.1, 0.15) is 16.9 Å². The van der Waals surface area contributed by atoms with Crippen LogP contribution in [0.15, 0.2) is 38.9 Å². The molecule has 3 rings (SSSR count). The molecule has 0 saturated heterocycles. The molecular formula is C15H12BrN3O2S. The summed E-state index contributed by atoms with van der Waals surface area (Å²) in [5, 5.41) is 14.5. The van der Waals surface area contributed by atoms with Crippen LogP contribution >= 0.6 is 27.3 Å². The topological polar surface area (TPSA) is 67.5 Å². The fourth-order valence-corrected chi connectivity index (χ4v) is 3.43. The van der Waals surface area contributed by atoms with E-state index in [1.165, 1.54) is 28.6 Å². The van der Waals surface area contributed by atoms with Crippen molar-refractivity contribution in [1.29, 1.82) is 0 Å². The molecule has 3 aromatic rings. The van der Waals surface area contributed by atoms with Crippen molar-refractivity contribution in [2.75, 3.05) is 0 Å². The van der Waals surface area contributed by atoms with Gasteiger partial charge in [0.2, 0.25) is 0 Å². The zero-order valence-electron chi connectivity index (χ0n) is 11.9. The minimum absolute atomic E-state index is 0.0941. The number of phenolic OH excluding ortho intramolecular Hbond substituents is 1. The third kappa shape index (κ3) is 2.57. The van der Waals surface area contributed by atoms with Crippen LogP contribution in [0, 0.1) is 13.8 Å². The molecule has 0 bridgehead atoms. The number of rotatable bonds is 2. The van der Waals surface area contributed by atoms with E-state index in [4.69, 9.17) is 0 Å². The van der Waals surface area contributed by atoms with E-state index < -0.39 is 0 Å². The first-order valence-corrected chi connectivity index (χ1v) is 8.08. The van der Waals surface area contributed by atoms with Gasteiger partial charge in [-0.05, 0) is 37.6 Å². The van der Waals surface area contributed by atoms with E-state index in [-0.39, 0.29) is 11.3 Å². The highest BCUT2D eigenvalue weighted by Crippen LogP contribution is 2.25. The highest BCUT2D eigenvalue weighted by Gasteiger charge is 2.11. The lowest BCUT2D eigenvalue weighted by Crippen LogP contribution is -2.16. The molecule has 1 aromatic carbocycles. The van der Waals surface area contributed by atoms with Gasteiger partial charge in [-0.3, -0.25) is 4.79 Å². The molecule has 7 heteroatoms. The Morgan fingerprint density at radius 3 is 2.95 bits per heavy atom. The lowest BCUT2D eigenvalue weighted by molar-refractivity contribution is 0.474. The molecule has 0 aliphatic carbocycles. The summed E-state index contributed by atoms with van der Waals surface area (Å²) in [4.78, 5) is 18.5. The Kier molecular flexibility index (Phi) is 3.84. The average molecular weight is 378 g/mol. The van der Waals surface area contributed by atoms with Gasteiger partial charge in [0.15, 0.2) is 0 Å². The fraction of sp³-hybridized carbons (Fsp3) is 0.133. The van der Waals surface area contributed by atoms with Crippen molar-refractivity contribution < 1.29 is 5.11 Å². The Balaban J connectivity index is 2.09. The number of nitrogens with zero attached hydrogens (tertiary/aromatic N) is 3. The van der Waals surface area contributed by atoms with Crippen LogP contribution in [0.4, 0.5) is 0 Å². The van der Waals surface area contributed by atoms with Crippen LogP contribution in [0.5, 0.6) is 5.75 Å². The molecular weight excluding hydrogens is 366 g/mol. The first-order chi connectivity index (χ1) is 10.5. The Hall–Kier alpha value is -1.99. The average Bonchev–Trinajstić information content (AvgIpc) is 2.77. The summed E-state index contributed by atoms with van der Waals surface area (Å²) in [7, 11) is 0. The van der Waals surface area contributed by atoms with Gasteiger partial charge in [-0.1, -0.05) is 15.9 Å². The van der Waals surface area contributed by atoms with Crippen molar-refractivity contribution in [2.24, 2.45) is 5.10 Å². The van der Waals surface area contributed by atoms with Crippen molar-refractivity contribution in [3.8, 4) is 5.75 Å². The largest absolute Gasteiger partial charge is 0.507 e. The number of aromatic hydroxyl groups is 1. The molecule has 0 aliphatic heterocycles. The van der Waals surface area contributed by atoms with Crippen LogP contribution < -0.4 is 5.56 Å². The SMILES string of the molecule is Cc1sc2ncn(/N=C\c3cc(Br)ccc3O)c(=O)c2c1C. The summed E-state index contributed by atoms with van der Waals surface area (Å²) in [5.74, 6) is 0.0941. The van der Waals surface area contributed by atoms with Gasteiger partial charge in [0.05, 0.1) is 11.6 Å². The number of aromatic nitrogens is 2. The van der Waals surface area contributed by atoms with Crippen LogP contribution in [0.25, 0.3) is 10.2 Å². The number of aryl methyl sites for hydroxylation is 2.